The van der Waals surface area contributed by atoms with Gasteiger partial charge in [-0.25, -0.2) is 0 Å². The first-order valence-corrected chi connectivity index (χ1v) is 7.20. The number of halogens is 1. The van der Waals surface area contributed by atoms with E-state index in [1.165, 1.54) is 12.8 Å². The largest absolute Gasteiger partial charge is 0.383 e. The first kappa shape index (κ1) is 13.8. The summed E-state index contributed by atoms with van der Waals surface area (Å²) >= 11 is 3.52. The van der Waals surface area contributed by atoms with Crippen LogP contribution in [0.4, 0.5) is 0 Å². The Bertz CT molecular complexity index is 399. The van der Waals surface area contributed by atoms with Crippen molar-refractivity contribution < 1.29 is 4.74 Å². The molecular weight excluding hydrogens is 294 g/mol. The minimum absolute atomic E-state index is 0.679. The van der Waals surface area contributed by atoms with Gasteiger partial charge >= 0.3 is 0 Å². The molecule has 0 radical (unpaired) electrons. The van der Waals surface area contributed by atoms with Gasteiger partial charge in [-0.15, -0.1) is 0 Å². The first-order valence-electron chi connectivity index (χ1n) is 6.41. The Hall–Kier alpha value is -0.650. The summed E-state index contributed by atoms with van der Waals surface area (Å²) < 4.78 is 8.07. The zero-order valence-corrected chi connectivity index (χ0v) is 12.3. The number of nitrogens with one attached hydrogen (secondary N) is 1. The van der Waals surface area contributed by atoms with E-state index in [0.717, 1.165) is 35.7 Å². The smallest absolute Gasteiger partial charge is 0.0750 e. The minimum atomic E-state index is 0.679. The van der Waals surface area contributed by atoms with Crippen molar-refractivity contribution >= 4 is 22.0 Å². The van der Waals surface area contributed by atoms with Crippen molar-refractivity contribution in [2.45, 2.75) is 31.8 Å². The third kappa shape index (κ3) is 4.23. The number of rotatable bonds is 8. The summed E-state index contributed by atoms with van der Waals surface area (Å²) in [5.74, 6) is 0. The third-order valence-corrected chi connectivity index (χ3v) is 3.55. The topological polar surface area (TPSA) is 39.1 Å². The van der Waals surface area contributed by atoms with E-state index in [1.807, 2.05) is 10.9 Å². The Labute approximate surface area is 117 Å². The van der Waals surface area contributed by atoms with Crippen LogP contribution in [0.25, 0.3) is 6.08 Å². The van der Waals surface area contributed by atoms with Gasteiger partial charge in [0.05, 0.1) is 29.5 Å². The van der Waals surface area contributed by atoms with Crippen LogP contribution in [-0.4, -0.2) is 36.1 Å². The van der Waals surface area contributed by atoms with Crippen molar-refractivity contribution in [2.24, 2.45) is 0 Å². The molecule has 1 aliphatic rings. The first-order chi connectivity index (χ1) is 8.81. The van der Waals surface area contributed by atoms with E-state index in [1.54, 1.807) is 7.11 Å². The number of methoxy groups -OCH3 is 1. The number of hydrogen-bond acceptors (Lipinski definition) is 3. The molecule has 0 atom stereocenters. The highest BCUT2D eigenvalue weighted by Gasteiger charge is 2.19. The molecule has 1 aromatic rings. The van der Waals surface area contributed by atoms with E-state index < -0.39 is 0 Å². The fraction of sp³-hybridized carbons (Fsp3) is 0.615. The highest BCUT2D eigenvalue weighted by atomic mass is 79.9. The number of hydrogen-bond donors (Lipinski definition) is 1. The summed E-state index contributed by atoms with van der Waals surface area (Å²) in [6.45, 7) is 2.52. The Morgan fingerprint density at radius 2 is 2.44 bits per heavy atom. The van der Waals surface area contributed by atoms with Crippen LogP contribution in [0.15, 0.2) is 16.7 Å². The molecule has 4 nitrogen and oxygen atoms in total. The van der Waals surface area contributed by atoms with Crippen LogP contribution >= 0.6 is 15.9 Å². The Morgan fingerprint density at radius 3 is 3.17 bits per heavy atom. The fourth-order valence-electron chi connectivity index (χ4n) is 1.75. The molecule has 0 aliphatic heterocycles. The van der Waals surface area contributed by atoms with Crippen molar-refractivity contribution in [2.75, 3.05) is 20.3 Å². The van der Waals surface area contributed by atoms with Gasteiger partial charge in [0, 0.05) is 13.2 Å². The maximum atomic E-state index is 5.08. The zero-order valence-electron chi connectivity index (χ0n) is 10.7. The van der Waals surface area contributed by atoms with E-state index in [2.05, 4.69) is 38.5 Å². The normalized spacial score (nSPS) is 15.7. The summed E-state index contributed by atoms with van der Waals surface area (Å²) in [6.07, 6.45) is 9.90. The summed E-state index contributed by atoms with van der Waals surface area (Å²) in [7, 11) is 1.71. The van der Waals surface area contributed by atoms with Crippen LogP contribution in [0.5, 0.6) is 0 Å². The van der Waals surface area contributed by atoms with Crippen LogP contribution in [0.2, 0.25) is 0 Å². The lowest BCUT2D eigenvalue weighted by Gasteiger charge is -2.04. The number of nitrogens with zero attached hydrogens (tertiary/aromatic N) is 2. The highest BCUT2D eigenvalue weighted by Crippen LogP contribution is 2.19. The molecule has 1 N–H and O–H groups in total. The molecule has 18 heavy (non-hydrogen) atoms. The van der Waals surface area contributed by atoms with Crippen molar-refractivity contribution in [3.05, 3.63) is 22.4 Å². The molecule has 100 valence electrons. The molecule has 2 rings (SSSR count). The van der Waals surface area contributed by atoms with Gasteiger partial charge in [0.25, 0.3) is 0 Å². The molecule has 0 amide bonds. The Balaban J connectivity index is 1.81. The van der Waals surface area contributed by atoms with Gasteiger partial charge < -0.3 is 10.1 Å². The summed E-state index contributed by atoms with van der Waals surface area (Å²) in [5.41, 5.74) is 1.11. The average Bonchev–Trinajstić information content (AvgIpc) is 3.13. The molecule has 0 aromatic carbocycles. The molecule has 0 saturated heterocycles. The molecular formula is C13H20BrN3O. The quantitative estimate of drug-likeness (QED) is 0.749. The van der Waals surface area contributed by atoms with Crippen molar-refractivity contribution in [3.63, 3.8) is 0 Å². The van der Waals surface area contributed by atoms with Crippen LogP contribution in [0.3, 0.4) is 0 Å². The highest BCUT2D eigenvalue weighted by molar-refractivity contribution is 9.10. The number of aromatic nitrogens is 2. The second-order valence-corrected chi connectivity index (χ2v) is 5.37. The summed E-state index contributed by atoms with van der Waals surface area (Å²) in [5, 5.41) is 7.81. The van der Waals surface area contributed by atoms with Crippen LogP contribution in [0, 0.1) is 0 Å². The minimum Gasteiger partial charge on any atom is -0.383 e. The maximum absolute atomic E-state index is 5.08. The second-order valence-electron chi connectivity index (χ2n) is 4.51. The van der Waals surface area contributed by atoms with E-state index in [4.69, 9.17) is 4.74 Å². The van der Waals surface area contributed by atoms with Crippen LogP contribution < -0.4 is 5.32 Å². The van der Waals surface area contributed by atoms with Gasteiger partial charge in [0.2, 0.25) is 0 Å². The number of ether oxygens (including phenoxy) is 1. The average molecular weight is 314 g/mol. The second kappa shape index (κ2) is 7.07. The molecule has 0 unspecified atom stereocenters. The third-order valence-electron chi connectivity index (χ3n) is 2.94. The lowest BCUT2D eigenvalue weighted by atomic mass is 10.3. The van der Waals surface area contributed by atoms with Gasteiger partial charge in [-0.2, -0.15) is 5.10 Å². The molecule has 5 heteroatoms. The monoisotopic (exact) mass is 313 g/mol. The van der Waals surface area contributed by atoms with Crippen molar-refractivity contribution in [1.82, 2.24) is 15.1 Å². The SMILES string of the molecule is COCCn1ncc(Br)c1/C=C/CCNC1CC1. The molecule has 1 heterocycles. The summed E-state index contributed by atoms with van der Waals surface area (Å²) in [6, 6.07) is 0.789. The summed E-state index contributed by atoms with van der Waals surface area (Å²) in [4.78, 5) is 0. The van der Waals surface area contributed by atoms with Gasteiger partial charge in [-0.3, -0.25) is 4.68 Å². The van der Waals surface area contributed by atoms with E-state index in [0.29, 0.717) is 6.61 Å². The van der Waals surface area contributed by atoms with Gasteiger partial charge in [-0.05, 0) is 47.8 Å². The van der Waals surface area contributed by atoms with Crippen LogP contribution in [-0.2, 0) is 11.3 Å². The van der Waals surface area contributed by atoms with E-state index in [-0.39, 0.29) is 0 Å². The lowest BCUT2D eigenvalue weighted by molar-refractivity contribution is 0.183. The maximum Gasteiger partial charge on any atom is 0.0750 e. The predicted octanol–water partition coefficient (Wildman–Crippen LogP) is 2.45. The van der Waals surface area contributed by atoms with Crippen molar-refractivity contribution in [1.29, 1.82) is 0 Å². The molecule has 0 bridgehead atoms. The predicted molar refractivity (Wildman–Crippen MR) is 76.5 cm³/mol. The zero-order chi connectivity index (χ0) is 12.8. The fourth-order valence-corrected chi connectivity index (χ4v) is 2.18. The van der Waals surface area contributed by atoms with E-state index in [9.17, 15) is 0 Å². The Kier molecular flexibility index (Phi) is 5.41. The molecule has 1 aliphatic carbocycles. The van der Waals surface area contributed by atoms with Crippen molar-refractivity contribution in [3.8, 4) is 0 Å². The lowest BCUT2D eigenvalue weighted by Crippen LogP contribution is -2.16. The molecule has 1 fully saturated rings. The standard InChI is InChI=1S/C13H20BrN3O/c1-18-9-8-17-13(12(14)10-16-17)4-2-3-7-15-11-5-6-11/h2,4,10-11,15H,3,5-9H2,1H3/b4-2+. The molecule has 0 spiro atoms. The van der Waals surface area contributed by atoms with Crippen LogP contribution in [0.1, 0.15) is 25.0 Å². The molecule has 1 saturated carbocycles. The Morgan fingerprint density at radius 1 is 1.61 bits per heavy atom. The van der Waals surface area contributed by atoms with Gasteiger partial charge in [0.15, 0.2) is 0 Å². The molecule has 1 aromatic heterocycles. The van der Waals surface area contributed by atoms with Gasteiger partial charge in [0.1, 0.15) is 0 Å². The van der Waals surface area contributed by atoms with Gasteiger partial charge in [-0.1, -0.05) is 6.08 Å². The van der Waals surface area contributed by atoms with E-state index >= 15 is 0 Å².